The number of pyridine rings is 1. The molecule has 2 fully saturated rings. The number of amides is 3. The number of carbonyl (C=O) groups excluding carboxylic acids is 3. The van der Waals surface area contributed by atoms with Crippen molar-refractivity contribution in [3.8, 4) is 0 Å². The molecule has 2 aliphatic rings. The highest BCUT2D eigenvalue weighted by atomic mass is 19.1. The van der Waals surface area contributed by atoms with Crippen molar-refractivity contribution in [3.63, 3.8) is 0 Å². The van der Waals surface area contributed by atoms with Gasteiger partial charge in [-0.3, -0.25) is 14.4 Å². The van der Waals surface area contributed by atoms with Crippen LogP contribution in [-0.4, -0.2) is 70.9 Å². The van der Waals surface area contributed by atoms with Crippen molar-refractivity contribution in [1.82, 2.24) is 20.5 Å². The zero-order valence-electron chi connectivity index (χ0n) is 26.7. The number of fused-ring (bicyclic) bond motifs is 1. The van der Waals surface area contributed by atoms with Crippen molar-refractivity contribution in [3.05, 3.63) is 39.9 Å². The van der Waals surface area contributed by atoms with Crippen LogP contribution >= 0.6 is 0 Å². The molecule has 0 radical (unpaired) electrons. The number of nitrogens with zero attached hydrogens (tertiary/aromatic N) is 2. The average Bonchev–Trinajstić information content (AvgIpc) is 3.66. The minimum absolute atomic E-state index is 0.00878. The summed E-state index contributed by atoms with van der Waals surface area (Å²) in [4.78, 5) is 64.4. The lowest BCUT2D eigenvalue weighted by Gasteiger charge is -2.25. The van der Waals surface area contributed by atoms with E-state index in [0.717, 1.165) is 18.9 Å². The Hall–Kier alpha value is -4.16. The lowest BCUT2D eigenvalue weighted by Crippen LogP contribution is -2.54. The highest BCUT2D eigenvalue weighted by Crippen LogP contribution is 2.38. The van der Waals surface area contributed by atoms with Gasteiger partial charge in [-0.25, -0.2) is 14.0 Å². The Morgan fingerprint density at radius 3 is 2.36 bits per heavy atom. The van der Waals surface area contributed by atoms with Crippen molar-refractivity contribution < 1.29 is 33.4 Å². The van der Waals surface area contributed by atoms with Crippen molar-refractivity contribution in [2.75, 3.05) is 24.5 Å². The van der Waals surface area contributed by atoms with E-state index in [1.165, 1.54) is 6.20 Å². The quantitative estimate of drug-likeness (QED) is 0.294. The van der Waals surface area contributed by atoms with E-state index in [0.29, 0.717) is 43.7 Å². The van der Waals surface area contributed by atoms with Gasteiger partial charge in [0.15, 0.2) is 0 Å². The first-order chi connectivity index (χ1) is 21.0. The molecule has 1 aliphatic heterocycles. The van der Waals surface area contributed by atoms with Gasteiger partial charge < -0.3 is 35.3 Å². The van der Waals surface area contributed by atoms with E-state index in [2.05, 4.69) is 16.0 Å². The maximum Gasteiger partial charge on any atom is 0.408 e. The first-order valence-electron chi connectivity index (χ1n) is 15.5. The second kappa shape index (κ2) is 13.5. The molecule has 246 valence electrons. The van der Waals surface area contributed by atoms with Gasteiger partial charge in [-0.2, -0.15) is 0 Å². The van der Waals surface area contributed by atoms with E-state index in [1.54, 1.807) is 38.3 Å². The molecular weight excluding hydrogens is 585 g/mol. The second-order valence-corrected chi connectivity index (χ2v) is 13.5. The van der Waals surface area contributed by atoms with Gasteiger partial charge in [-0.1, -0.05) is 13.8 Å². The lowest BCUT2D eigenvalue weighted by atomic mass is 10.0. The van der Waals surface area contributed by atoms with Gasteiger partial charge in [0.25, 0.3) is 0 Å². The molecule has 1 aliphatic carbocycles. The maximum absolute atomic E-state index is 15.3. The zero-order valence-corrected chi connectivity index (χ0v) is 26.7. The fourth-order valence-corrected chi connectivity index (χ4v) is 5.56. The van der Waals surface area contributed by atoms with Crippen LogP contribution in [-0.2, 0) is 14.3 Å². The molecule has 4 N–H and O–H groups in total. The standard InChI is InChI=1S/C32H44FN5O7/c1-17(2)11-24(36-31(44)45-32(4,5)6)29(41)35-18(3)28(40)34-14-19-9-10-37(15-19)26-13-25-21(12-23(26)33)27(39)22(30(42)43)16-38(25)20-7-8-20/h12-13,16-20,24H,7-11,14-15H2,1-6H3,(H,34,40)(H,35,41)(H,36,44)(H,42,43)/t18-,19+,24-/m0/s1. The molecule has 1 aromatic carbocycles. The molecule has 0 unspecified atom stereocenters. The predicted molar refractivity (Wildman–Crippen MR) is 167 cm³/mol. The summed E-state index contributed by atoms with van der Waals surface area (Å²) in [5, 5.41) is 17.7. The van der Waals surface area contributed by atoms with Crippen molar-refractivity contribution in [1.29, 1.82) is 0 Å². The number of aromatic carboxylic acids is 1. The average molecular weight is 630 g/mol. The first kappa shape index (κ1) is 33.7. The molecule has 1 aromatic heterocycles. The van der Waals surface area contributed by atoms with Crippen LogP contribution in [0.4, 0.5) is 14.9 Å². The molecule has 0 spiro atoms. The second-order valence-electron chi connectivity index (χ2n) is 13.5. The highest BCUT2D eigenvalue weighted by Gasteiger charge is 2.31. The number of carboxylic acid groups (broad SMARTS) is 1. The van der Waals surface area contributed by atoms with Gasteiger partial charge in [-0.15, -0.1) is 0 Å². The Balaban J connectivity index is 1.36. The fourth-order valence-electron chi connectivity index (χ4n) is 5.56. The number of aromatic nitrogens is 1. The number of carboxylic acids is 1. The van der Waals surface area contributed by atoms with Crippen LogP contribution in [0.1, 0.15) is 83.6 Å². The first-order valence-corrected chi connectivity index (χ1v) is 15.5. The van der Waals surface area contributed by atoms with E-state index < -0.39 is 46.9 Å². The van der Waals surface area contributed by atoms with Crippen LogP contribution in [0.2, 0.25) is 0 Å². The van der Waals surface area contributed by atoms with Crippen molar-refractivity contribution >= 4 is 40.5 Å². The topological polar surface area (TPSA) is 159 Å². The number of anilines is 1. The number of carbonyl (C=O) groups is 4. The normalized spacial score (nSPS) is 18.0. The maximum atomic E-state index is 15.3. The van der Waals surface area contributed by atoms with Gasteiger partial charge >= 0.3 is 12.1 Å². The van der Waals surface area contributed by atoms with Crippen LogP contribution in [0.25, 0.3) is 10.9 Å². The molecule has 12 nitrogen and oxygen atoms in total. The van der Waals surface area contributed by atoms with Crippen LogP contribution in [0, 0.1) is 17.7 Å². The number of alkyl carbamates (subject to hydrolysis) is 1. The number of nitrogens with one attached hydrogen (secondary N) is 3. The third kappa shape index (κ3) is 8.52. The van der Waals surface area contributed by atoms with E-state index in [-0.39, 0.29) is 34.7 Å². The SMILES string of the molecule is CC(C)C[C@H](NC(=O)OC(C)(C)C)C(=O)N[C@@H](C)C(=O)NC[C@H]1CCN(c2cc3c(cc2F)c(=O)c(C(=O)O)cn3C2CC2)C1. The molecule has 13 heteroatoms. The molecule has 45 heavy (non-hydrogen) atoms. The minimum atomic E-state index is -1.34. The molecular formula is C32H44FN5O7. The predicted octanol–water partition coefficient (Wildman–Crippen LogP) is 3.56. The summed E-state index contributed by atoms with van der Waals surface area (Å²) in [6.07, 6.45) is 3.39. The summed E-state index contributed by atoms with van der Waals surface area (Å²) >= 11 is 0. The summed E-state index contributed by atoms with van der Waals surface area (Å²) in [7, 11) is 0. The third-order valence-corrected chi connectivity index (χ3v) is 7.93. The summed E-state index contributed by atoms with van der Waals surface area (Å²) < 4.78 is 22.4. The smallest absolute Gasteiger partial charge is 0.408 e. The monoisotopic (exact) mass is 629 g/mol. The molecule has 3 atom stereocenters. The van der Waals surface area contributed by atoms with E-state index in [9.17, 15) is 29.1 Å². The van der Waals surface area contributed by atoms with E-state index in [1.807, 2.05) is 18.7 Å². The number of ether oxygens (including phenoxy) is 1. The summed E-state index contributed by atoms with van der Waals surface area (Å²) in [6, 6.07) is 1.08. The Kier molecular flexibility index (Phi) is 10.1. The van der Waals surface area contributed by atoms with Gasteiger partial charge in [0.2, 0.25) is 17.2 Å². The summed E-state index contributed by atoms with van der Waals surface area (Å²) in [6.45, 7) is 11.9. The Morgan fingerprint density at radius 1 is 1.07 bits per heavy atom. The van der Waals surface area contributed by atoms with Crippen LogP contribution in [0.15, 0.2) is 23.1 Å². The van der Waals surface area contributed by atoms with Gasteiger partial charge in [0, 0.05) is 37.3 Å². The number of rotatable bonds is 11. The van der Waals surface area contributed by atoms with Gasteiger partial charge in [0.1, 0.15) is 29.1 Å². The van der Waals surface area contributed by atoms with Crippen molar-refractivity contribution in [2.45, 2.75) is 91.0 Å². The Morgan fingerprint density at radius 2 is 1.76 bits per heavy atom. The Bertz CT molecular complexity index is 1530. The highest BCUT2D eigenvalue weighted by molar-refractivity contribution is 5.94. The van der Waals surface area contributed by atoms with Crippen LogP contribution < -0.4 is 26.3 Å². The molecule has 0 bridgehead atoms. The molecule has 1 saturated carbocycles. The third-order valence-electron chi connectivity index (χ3n) is 7.93. The minimum Gasteiger partial charge on any atom is -0.477 e. The van der Waals surface area contributed by atoms with Crippen LogP contribution in [0.3, 0.4) is 0 Å². The van der Waals surface area contributed by atoms with Crippen molar-refractivity contribution in [2.24, 2.45) is 11.8 Å². The molecule has 2 heterocycles. The largest absolute Gasteiger partial charge is 0.477 e. The Labute approximate surface area is 261 Å². The lowest BCUT2D eigenvalue weighted by molar-refractivity contribution is -0.129. The summed E-state index contributed by atoms with van der Waals surface area (Å²) in [5.74, 6) is -2.72. The fraction of sp³-hybridized carbons (Fsp3) is 0.594. The number of hydrogen-bond acceptors (Lipinski definition) is 7. The number of halogens is 1. The molecule has 4 rings (SSSR count). The zero-order chi connectivity index (χ0) is 33.2. The van der Waals surface area contributed by atoms with E-state index in [4.69, 9.17) is 4.74 Å². The van der Waals surface area contributed by atoms with E-state index >= 15 is 4.39 Å². The van der Waals surface area contributed by atoms with Crippen LogP contribution in [0.5, 0.6) is 0 Å². The number of hydrogen-bond donors (Lipinski definition) is 4. The van der Waals surface area contributed by atoms with Gasteiger partial charge in [0.05, 0.1) is 11.2 Å². The number of benzene rings is 1. The molecule has 1 saturated heterocycles. The molecule has 2 aromatic rings. The molecule has 3 amide bonds. The summed E-state index contributed by atoms with van der Waals surface area (Å²) in [5.41, 5.74) is -0.987. The van der Waals surface area contributed by atoms with Gasteiger partial charge in [-0.05, 0) is 77.3 Å².